The highest BCUT2D eigenvalue weighted by Gasteiger charge is 2.28. The zero-order chi connectivity index (χ0) is 19.0. The summed E-state index contributed by atoms with van der Waals surface area (Å²) in [6.45, 7) is 3.21. The van der Waals surface area contributed by atoms with Crippen LogP contribution in [0, 0.1) is 0 Å². The van der Waals surface area contributed by atoms with E-state index in [1.807, 2.05) is 24.1 Å². The molecule has 27 heavy (non-hydrogen) atoms. The van der Waals surface area contributed by atoms with Gasteiger partial charge in [-0.2, -0.15) is 13.8 Å². The lowest BCUT2D eigenvalue weighted by atomic mass is 10.0. The second kappa shape index (κ2) is 7.22. The Morgan fingerprint density at radius 3 is 2.78 bits per heavy atom. The van der Waals surface area contributed by atoms with Crippen LogP contribution in [-0.4, -0.2) is 59.2 Å². The van der Waals surface area contributed by atoms with Crippen LogP contribution in [0.3, 0.4) is 0 Å². The lowest BCUT2D eigenvalue weighted by Gasteiger charge is -2.33. The number of halogens is 2. The minimum Gasteiger partial charge on any atom is -0.333 e. The van der Waals surface area contributed by atoms with E-state index in [0.717, 1.165) is 50.1 Å². The van der Waals surface area contributed by atoms with Crippen LogP contribution in [0.4, 0.5) is 13.6 Å². The molecule has 1 atom stereocenters. The number of fused-ring (bicyclic) bond motifs is 1. The number of hydrogen-bond donors (Lipinski definition) is 1. The summed E-state index contributed by atoms with van der Waals surface area (Å²) in [5.41, 5.74) is 2.76. The average Bonchev–Trinajstić information content (AvgIpc) is 3.29. The fraction of sp³-hybridized carbons (Fsp3) is 0.500. The Bertz CT molecular complexity index is 833. The summed E-state index contributed by atoms with van der Waals surface area (Å²) in [7, 11) is 2.05. The molecule has 2 amide bonds. The Balaban J connectivity index is 1.45. The van der Waals surface area contributed by atoms with E-state index in [-0.39, 0.29) is 17.9 Å². The molecule has 1 aromatic heterocycles. The second-order valence-corrected chi connectivity index (χ2v) is 7.00. The number of urea groups is 1. The van der Waals surface area contributed by atoms with E-state index >= 15 is 0 Å². The Morgan fingerprint density at radius 2 is 2.07 bits per heavy atom. The van der Waals surface area contributed by atoms with Crippen molar-refractivity contribution in [3.05, 3.63) is 35.2 Å². The molecule has 1 fully saturated rings. The van der Waals surface area contributed by atoms with Gasteiger partial charge in [-0.1, -0.05) is 17.3 Å². The molecule has 2 aromatic rings. The van der Waals surface area contributed by atoms with E-state index in [1.165, 1.54) is 0 Å². The first-order valence-corrected chi connectivity index (χ1v) is 9.00. The van der Waals surface area contributed by atoms with Crippen LogP contribution < -0.4 is 5.32 Å². The number of carbonyl (C=O) groups excluding carboxylic acids is 1. The molecule has 1 aliphatic carbocycles. The molecule has 9 heteroatoms. The van der Waals surface area contributed by atoms with Crippen molar-refractivity contribution in [1.29, 1.82) is 0 Å². The molecule has 0 saturated carbocycles. The first-order chi connectivity index (χ1) is 13.0. The van der Waals surface area contributed by atoms with E-state index in [0.29, 0.717) is 5.56 Å². The molecule has 4 rings (SSSR count). The van der Waals surface area contributed by atoms with Crippen LogP contribution in [0.2, 0.25) is 0 Å². The Morgan fingerprint density at radius 1 is 1.30 bits per heavy atom. The van der Waals surface area contributed by atoms with Crippen LogP contribution >= 0.6 is 0 Å². The van der Waals surface area contributed by atoms with E-state index in [1.54, 1.807) is 6.07 Å². The maximum absolute atomic E-state index is 12.6. The quantitative estimate of drug-likeness (QED) is 0.890. The Hall–Kier alpha value is -2.55. The predicted octanol–water partition coefficient (Wildman–Crippen LogP) is 2.62. The fourth-order valence-corrected chi connectivity index (χ4v) is 3.60. The molecule has 1 aromatic carbocycles. The Labute approximate surface area is 155 Å². The lowest BCUT2D eigenvalue weighted by Crippen LogP contribution is -2.51. The first-order valence-electron chi connectivity index (χ1n) is 9.00. The third-order valence-electron chi connectivity index (χ3n) is 5.20. The third kappa shape index (κ3) is 3.64. The van der Waals surface area contributed by atoms with Gasteiger partial charge in [-0.3, -0.25) is 0 Å². The molecule has 0 spiro atoms. The van der Waals surface area contributed by atoms with Gasteiger partial charge >= 0.3 is 12.5 Å². The molecule has 0 unspecified atom stereocenters. The van der Waals surface area contributed by atoms with Crippen LogP contribution in [-0.2, 0) is 6.42 Å². The van der Waals surface area contributed by atoms with E-state index < -0.39 is 12.3 Å². The molecular formula is C18H21F2N5O2. The van der Waals surface area contributed by atoms with Gasteiger partial charge in [0.05, 0.1) is 6.04 Å². The maximum Gasteiger partial charge on any atom is 0.317 e. The number of rotatable bonds is 3. The zero-order valence-corrected chi connectivity index (χ0v) is 15.0. The van der Waals surface area contributed by atoms with Gasteiger partial charge in [0.15, 0.2) is 0 Å². The van der Waals surface area contributed by atoms with Gasteiger partial charge < -0.3 is 19.6 Å². The number of hydrogen-bond acceptors (Lipinski definition) is 5. The molecule has 7 nitrogen and oxygen atoms in total. The van der Waals surface area contributed by atoms with Gasteiger partial charge in [0.25, 0.3) is 5.89 Å². The second-order valence-electron chi connectivity index (χ2n) is 7.00. The number of nitrogens with one attached hydrogen (secondary N) is 1. The molecule has 2 heterocycles. The van der Waals surface area contributed by atoms with Crippen LogP contribution in [0.15, 0.2) is 22.7 Å². The van der Waals surface area contributed by atoms with Gasteiger partial charge in [0.1, 0.15) is 0 Å². The largest absolute Gasteiger partial charge is 0.333 e. The maximum atomic E-state index is 12.6. The highest BCUT2D eigenvalue weighted by atomic mass is 19.3. The lowest BCUT2D eigenvalue weighted by molar-refractivity contribution is 0.106. The van der Waals surface area contributed by atoms with Gasteiger partial charge in [-0.25, -0.2) is 4.79 Å². The van der Waals surface area contributed by atoms with Crippen molar-refractivity contribution in [2.45, 2.75) is 25.3 Å². The molecular weight excluding hydrogens is 356 g/mol. The van der Waals surface area contributed by atoms with Crippen molar-refractivity contribution >= 4 is 6.03 Å². The number of alkyl halides is 2. The molecule has 0 radical (unpaired) electrons. The number of benzene rings is 1. The number of nitrogens with zero attached hydrogens (tertiary/aromatic N) is 4. The van der Waals surface area contributed by atoms with Crippen molar-refractivity contribution in [1.82, 2.24) is 25.3 Å². The molecule has 1 N–H and O–H groups in total. The third-order valence-corrected chi connectivity index (χ3v) is 5.20. The molecule has 1 aliphatic heterocycles. The SMILES string of the molecule is CN1CCN(C(=O)N[C@@H]2CCc3cc(-c4noc(C(F)F)n4)ccc32)CC1. The monoisotopic (exact) mass is 377 g/mol. The summed E-state index contributed by atoms with van der Waals surface area (Å²) in [4.78, 5) is 20.3. The number of aryl methyl sites for hydroxylation is 1. The molecule has 0 bridgehead atoms. The standard InChI is InChI=1S/C18H21F2N5O2/c1-24-6-8-25(9-7-24)18(26)21-14-5-3-11-10-12(2-4-13(11)14)16-22-17(15(19)20)27-23-16/h2,4,10,14-15H,3,5-9H2,1H3,(H,21,26)/t14-/m1/s1. The minimum atomic E-state index is -2.78. The molecule has 1 saturated heterocycles. The van der Waals surface area contributed by atoms with E-state index in [4.69, 9.17) is 0 Å². The van der Waals surface area contributed by atoms with Crippen molar-refractivity contribution in [3.63, 3.8) is 0 Å². The smallest absolute Gasteiger partial charge is 0.317 e. The number of aromatic nitrogens is 2. The average molecular weight is 377 g/mol. The van der Waals surface area contributed by atoms with Crippen molar-refractivity contribution in [2.75, 3.05) is 33.2 Å². The number of likely N-dealkylation sites (N-methyl/N-ethyl adjacent to an activating group) is 1. The van der Waals surface area contributed by atoms with Gasteiger partial charge in [-0.05, 0) is 37.1 Å². The van der Waals surface area contributed by atoms with Gasteiger partial charge in [-0.15, -0.1) is 0 Å². The predicted molar refractivity (Wildman–Crippen MR) is 93.4 cm³/mol. The summed E-state index contributed by atoms with van der Waals surface area (Å²) < 4.78 is 29.8. The summed E-state index contributed by atoms with van der Waals surface area (Å²) >= 11 is 0. The normalized spacial score (nSPS) is 20.1. The minimum absolute atomic E-state index is 0.0373. The molecule has 2 aliphatic rings. The topological polar surface area (TPSA) is 74.5 Å². The van der Waals surface area contributed by atoms with Crippen molar-refractivity contribution < 1.29 is 18.1 Å². The van der Waals surface area contributed by atoms with E-state index in [2.05, 4.69) is 24.9 Å². The summed E-state index contributed by atoms with van der Waals surface area (Å²) in [6, 6.07) is 5.50. The van der Waals surface area contributed by atoms with Crippen LogP contribution in [0.25, 0.3) is 11.4 Å². The van der Waals surface area contributed by atoms with Crippen molar-refractivity contribution in [2.24, 2.45) is 0 Å². The zero-order valence-electron chi connectivity index (χ0n) is 15.0. The van der Waals surface area contributed by atoms with Crippen LogP contribution in [0.1, 0.15) is 35.9 Å². The Kier molecular flexibility index (Phi) is 4.77. The van der Waals surface area contributed by atoms with Crippen LogP contribution in [0.5, 0.6) is 0 Å². The summed E-state index contributed by atoms with van der Waals surface area (Å²) in [6.07, 6.45) is -1.17. The number of piperazine rings is 1. The van der Waals surface area contributed by atoms with E-state index in [9.17, 15) is 13.6 Å². The highest BCUT2D eigenvalue weighted by Crippen LogP contribution is 2.34. The number of amides is 2. The van der Waals surface area contributed by atoms with Gasteiger partial charge in [0.2, 0.25) is 5.82 Å². The number of carbonyl (C=O) groups is 1. The van der Waals surface area contributed by atoms with Gasteiger partial charge in [0, 0.05) is 31.7 Å². The first kappa shape index (κ1) is 17.8. The fourth-order valence-electron chi connectivity index (χ4n) is 3.60. The van der Waals surface area contributed by atoms with Crippen molar-refractivity contribution in [3.8, 4) is 11.4 Å². The molecule has 144 valence electrons. The highest BCUT2D eigenvalue weighted by molar-refractivity contribution is 5.75. The summed E-state index contributed by atoms with van der Waals surface area (Å²) in [5.74, 6) is -0.527. The summed E-state index contributed by atoms with van der Waals surface area (Å²) in [5, 5.41) is 6.74.